The normalized spacial score (nSPS) is 21.2. The molecule has 2 rings (SSSR count). The molecular formula is C13H18N2O. The van der Waals surface area contributed by atoms with Gasteiger partial charge in [-0.2, -0.15) is 0 Å². The Balaban J connectivity index is 1.86. The molecule has 1 saturated heterocycles. The van der Waals surface area contributed by atoms with Crippen LogP contribution in [0.25, 0.3) is 0 Å². The SMILES string of the molecule is O=C1NCCCC[C@@H]1NCc1ccccc1. The lowest BCUT2D eigenvalue weighted by Crippen LogP contribution is -2.42. The topological polar surface area (TPSA) is 41.1 Å². The summed E-state index contributed by atoms with van der Waals surface area (Å²) in [5, 5.41) is 6.25. The summed E-state index contributed by atoms with van der Waals surface area (Å²) < 4.78 is 0. The molecule has 1 fully saturated rings. The standard InChI is InChI=1S/C13H18N2O/c16-13-12(8-4-5-9-14-13)15-10-11-6-2-1-3-7-11/h1-3,6-7,12,15H,4-5,8-10H2,(H,14,16)/t12-/m0/s1. The van der Waals surface area contributed by atoms with E-state index in [-0.39, 0.29) is 11.9 Å². The second-order valence-corrected chi connectivity index (χ2v) is 4.21. The summed E-state index contributed by atoms with van der Waals surface area (Å²) in [6.07, 6.45) is 3.15. The summed E-state index contributed by atoms with van der Waals surface area (Å²) in [7, 11) is 0. The maximum atomic E-state index is 11.7. The van der Waals surface area contributed by atoms with Gasteiger partial charge in [0.1, 0.15) is 0 Å². The average Bonchev–Trinajstić information content (AvgIpc) is 2.53. The van der Waals surface area contributed by atoms with Gasteiger partial charge in [-0.15, -0.1) is 0 Å². The molecular weight excluding hydrogens is 200 g/mol. The van der Waals surface area contributed by atoms with E-state index in [0.717, 1.165) is 32.4 Å². The van der Waals surface area contributed by atoms with Gasteiger partial charge >= 0.3 is 0 Å². The van der Waals surface area contributed by atoms with Crippen molar-refractivity contribution in [1.29, 1.82) is 0 Å². The minimum Gasteiger partial charge on any atom is -0.355 e. The number of carbonyl (C=O) groups is 1. The van der Waals surface area contributed by atoms with Gasteiger partial charge in [-0.3, -0.25) is 4.79 Å². The highest BCUT2D eigenvalue weighted by Crippen LogP contribution is 2.06. The molecule has 3 heteroatoms. The van der Waals surface area contributed by atoms with Crippen LogP contribution in [0, 0.1) is 0 Å². The van der Waals surface area contributed by atoms with Gasteiger partial charge in [-0.1, -0.05) is 30.3 Å². The van der Waals surface area contributed by atoms with Crippen LogP contribution in [-0.2, 0) is 11.3 Å². The third-order valence-corrected chi connectivity index (χ3v) is 2.93. The van der Waals surface area contributed by atoms with Crippen molar-refractivity contribution < 1.29 is 4.79 Å². The van der Waals surface area contributed by atoms with E-state index in [1.165, 1.54) is 5.56 Å². The van der Waals surface area contributed by atoms with E-state index in [0.29, 0.717) is 0 Å². The lowest BCUT2D eigenvalue weighted by atomic mass is 10.1. The van der Waals surface area contributed by atoms with Crippen LogP contribution in [0.5, 0.6) is 0 Å². The maximum absolute atomic E-state index is 11.7. The van der Waals surface area contributed by atoms with Crippen molar-refractivity contribution in [3.63, 3.8) is 0 Å². The Bertz CT molecular complexity index is 337. The molecule has 1 heterocycles. The van der Waals surface area contributed by atoms with Crippen LogP contribution in [0.15, 0.2) is 30.3 Å². The highest BCUT2D eigenvalue weighted by atomic mass is 16.2. The Morgan fingerprint density at radius 2 is 2.06 bits per heavy atom. The molecule has 1 amide bonds. The van der Waals surface area contributed by atoms with Crippen molar-refractivity contribution in [2.45, 2.75) is 31.8 Å². The zero-order chi connectivity index (χ0) is 11.2. The van der Waals surface area contributed by atoms with Crippen molar-refractivity contribution in [1.82, 2.24) is 10.6 Å². The van der Waals surface area contributed by atoms with E-state index in [9.17, 15) is 4.79 Å². The van der Waals surface area contributed by atoms with Gasteiger partial charge < -0.3 is 10.6 Å². The predicted octanol–water partition coefficient (Wildman–Crippen LogP) is 1.44. The minimum absolute atomic E-state index is 0.0253. The van der Waals surface area contributed by atoms with E-state index < -0.39 is 0 Å². The number of nitrogens with one attached hydrogen (secondary N) is 2. The summed E-state index contributed by atoms with van der Waals surface area (Å²) >= 11 is 0. The highest BCUT2D eigenvalue weighted by Gasteiger charge is 2.19. The molecule has 1 aromatic carbocycles. The molecule has 1 aromatic rings. The molecule has 1 aliphatic heterocycles. The Kier molecular flexibility index (Phi) is 3.94. The van der Waals surface area contributed by atoms with E-state index in [4.69, 9.17) is 0 Å². The molecule has 0 radical (unpaired) electrons. The molecule has 0 aromatic heterocycles. The van der Waals surface area contributed by atoms with Crippen LogP contribution in [0.2, 0.25) is 0 Å². The zero-order valence-electron chi connectivity index (χ0n) is 9.41. The first-order chi connectivity index (χ1) is 7.86. The average molecular weight is 218 g/mol. The first kappa shape index (κ1) is 11.1. The molecule has 2 N–H and O–H groups in total. The number of benzene rings is 1. The van der Waals surface area contributed by atoms with Crippen LogP contribution in [0.3, 0.4) is 0 Å². The van der Waals surface area contributed by atoms with Gasteiger partial charge in [0.05, 0.1) is 6.04 Å². The van der Waals surface area contributed by atoms with Gasteiger partial charge in [-0.25, -0.2) is 0 Å². The predicted molar refractivity (Wildman–Crippen MR) is 63.9 cm³/mol. The number of amides is 1. The van der Waals surface area contributed by atoms with Crippen molar-refractivity contribution in [2.24, 2.45) is 0 Å². The van der Waals surface area contributed by atoms with Gasteiger partial charge in [0, 0.05) is 13.1 Å². The number of hydrogen-bond donors (Lipinski definition) is 2. The Morgan fingerprint density at radius 3 is 2.88 bits per heavy atom. The second kappa shape index (κ2) is 5.66. The van der Waals surface area contributed by atoms with Gasteiger partial charge in [0.25, 0.3) is 0 Å². The summed E-state index contributed by atoms with van der Waals surface area (Å²) in [6.45, 7) is 1.58. The molecule has 3 nitrogen and oxygen atoms in total. The fourth-order valence-electron chi connectivity index (χ4n) is 1.97. The van der Waals surface area contributed by atoms with Crippen LogP contribution in [0.1, 0.15) is 24.8 Å². The molecule has 0 saturated carbocycles. The second-order valence-electron chi connectivity index (χ2n) is 4.21. The first-order valence-electron chi connectivity index (χ1n) is 5.91. The maximum Gasteiger partial charge on any atom is 0.237 e. The van der Waals surface area contributed by atoms with Crippen LogP contribution in [-0.4, -0.2) is 18.5 Å². The number of hydrogen-bond acceptors (Lipinski definition) is 2. The summed E-state index contributed by atoms with van der Waals surface area (Å²) in [6, 6.07) is 10.2. The molecule has 0 aliphatic carbocycles. The van der Waals surface area contributed by atoms with Crippen molar-refractivity contribution >= 4 is 5.91 Å². The molecule has 16 heavy (non-hydrogen) atoms. The Hall–Kier alpha value is -1.35. The number of carbonyl (C=O) groups excluding carboxylic acids is 1. The first-order valence-corrected chi connectivity index (χ1v) is 5.91. The molecule has 0 bridgehead atoms. The summed E-state index contributed by atoms with van der Waals surface area (Å²) in [5.74, 6) is 0.147. The number of rotatable bonds is 3. The minimum atomic E-state index is -0.0253. The highest BCUT2D eigenvalue weighted by molar-refractivity contribution is 5.81. The molecule has 0 unspecified atom stereocenters. The molecule has 1 atom stereocenters. The van der Waals surface area contributed by atoms with Crippen LogP contribution >= 0.6 is 0 Å². The van der Waals surface area contributed by atoms with Crippen LogP contribution in [0.4, 0.5) is 0 Å². The third-order valence-electron chi connectivity index (χ3n) is 2.93. The Labute approximate surface area is 96.2 Å². The van der Waals surface area contributed by atoms with Crippen molar-refractivity contribution in [2.75, 3.05) is 6.54 Å². The lowest BCUT2D eigenvalue weighted by Gasteiger charge is -2.14. The van der Waals surface area contributed by atoms with Gasteiger partial charge in [0.2, 0.25) is 5.91 Å². The van der Waals surface area contributed by atoms with Gasteiger partial charge in [-0.05, 0) is 24.8 Å². The molecule has 86 valence electrons. The monoisotopic (exact) mass is 218 g/mol. The summed E-state index contributed by atoms with van der Waals surface area (Å²) in [5.41, 5.74) is 1.22. The van der Waals surface area contributed by atoms with Crippen LogP contribution < -0.4 is 10.6 Å². The van der Waals surface area contributed by atoms with E-state index in [2.05, 4.69) is 22.8 Å². The van der Waals surface area contributed by atoms with Crippen molar-refractivity contribution in [3.8, 4) is 0 Å². The molecule has 0 spiro atoms. The summed E-state index contributed by atoms with van der Waals surface area (Å²) in [4.78, 5) is 11.7. The lowest BCUT2D eigenvalue weighted by molar-refractivity contribution is -0.122. The largest absolute Gasteiger partial charge is 0.355 e. The van der Waals surface area contributed by atoms with E-state index in [1.807, 2.05) is 18.2 Å². The quantitative estimate of drug-likeness (QED) is 0.806. The smallest absolute Gasteiger partial charge is 0.237 e. The Morgan fingerprint density at radius 1 is 1.25 bits per heavy atom. The van der Waals surface area contributed by atoms with Gasteiger partial charge in [0.15, 0.2) is 0 Å². The van der Waals surface area contributed by atoms with E-state index in [1.54, 1.807) is 0 Å². The van der Waals surface area contributed by atoms with Crippen molar-refractivity contribution in [3.05, 3.63) is 35.9 Å². The van der Waals surface area contributed by atoms with E-state index >= 15 is 0 Å². The fraction of sp³-hybridized carbons (Fsp3) is 0.462. The zero-order valence-corrected chi connectivity index (χ0v) is 9.41. The fourth-order valence-corrected chi connectivity index (χ4v) is 1.97. The molecule has 1 aliphatic rings. The third kappa shape index (κ3) is 3.07.